The van der Waals surface area contributed by atoms with Gasteiger partial charge in [0.2, 0.25) is 0 Å². The first kappa shape index (κ1) is 95.9. The van der Waals surface area contributed by atoms with Crippen LogP contribution in [0.1, 0.15) is 246 Å². The van der Waals surface area contributed by atoms with Crippen LogP contribution in [0.2, 0.25) is 0 Å². The molecule has 0 amide bonds. The van der Waals surface area contributed by atoms with Gasteiger partial charge in [-0.3, -0.25) is 37.3 Å². The highest BCUT2D eigenvalue weighted by atomic mass is 31.2. The van der Waals surface area contributed by atoms with E-state index < -0.39 is 97.5 Å². The van der Waals surface area contributed by atoms with Crippen molar-refractivity contribution in [2.24, 2.45) is 0 Å². The summed E-state index contributed by atoms with van der Waals surface area (Å²) in [5.41, 5.74) is 0. The number of unbranched alkanes of at least 4 members (excludes halogenated alkanes) is 10. The largest absolute Gasteiger partial charge is 0.472 e. The Morgan fingerprint density at radius 1 is 0.284 bits per heavy atom. The summed E-state index contributed by atoms with van der Waals surface area (Å²) in [5.74, 6) is -2.42. The summed E-state index contributed by atoms with van der Waals surface area (Å²) in [5, 5.41) is 10.6. The minimum atomic E-state index is -5.02. The fraction of sp³-hybridized carbons (Fsp3) is 0.566. The van der Waals surface area contributed by atoms with E-state index in [9.17, 15) is 43.2 Å². The van der Waals surface area contributed by atoms with Crippen LogP contribution in [0.4, 0.5) is 0 Å². The molecular formula is C83H130O17P2. The van der Waals surface area contributed by atoms with Crippen molar-refractivity contribution in [1.29, 1.82) is 0 Å². The molecule has 0 saturated carbocycles. The van der Waals surface area contributed by atoms with Crippen LogP contribution < -0.4 is 0 Å². The third-order valence-electron chi connectivity index (χ3n) is 14.5. The van der Waals surface area contributed by atoms with Crippen LogP contribution >= 0.6 is 15.6 Å². The second-order valence-corrected chi connectivity index (χ2v) is 27.0. The van der Waals surface area contributed by atoms with Crippen LogP contribution in [0, 0.1) is 0 Å². The van der Waals surface area contributed by atoms with Crippen molar-refractivity contribution in [2.45, 2.75) is 264 Å². The Hall–Kier alpha value is -6.10. The zero-order valence-corrected chi connectivity index (χ0v) is 64.2. The van der Waals surface area contributed by atoms with Crippen LogP contribution in [0.5, 0.6) is 0 Å². The molecule has 0 aromatic carbocycles. The van der Waals surface area contributed by atoms with Crippen LogP contribution in [-0.2, 0) is 65.4 Å². The minimum Gasteiger partial charge on any atom is -0.462 e. The zero-order chi connectivity index (χ0) is 74.6. The van der Waals surface area contributed by atoms with E-state index in [1.165, 1.54) is 6.42 Å². The highest BCUT2D eigenvalue weighted by Crippen LogP contribution is 2.45. The van der Waals surface area contributed by atoms with Crippen molar-refractivity contribution >= 4 is 39.5 Å². The maximum atomic E-state index is 13.1. The van der Waals surface area contributed by atoms with Gasteiger partial charge in [0, 0.05) is 25.7 Å². The lowest BCUT2D eigenvalue weighted by molar-refractivity contribution is -0.161. The van der Waals surface area contributed by atoms with E-state index in [2.05, 4.69) is 186 Å². The molecule has 17 nitrogen and oxygen atoms in total. The van der Waals surface area contributed by atoms with Gasteiger partial charge in [0.1, 0.15) is 19.3 Å². The summed E-state index contributed by atoms with van der Waals surface area (Å²) >= 11 is 0. The summed E-state index contributed by atoms with van der Waals surface area (Å²) in [7, 11) is -10.0. The first-order valence-corrected chi connectivity index (χ1v) is 40.7. The molecule has 0 aromatic heterocycles. The monoisotopic (exact) mass is 1460 g/mol. The van der Waals surface area contributed by atoms with Crippen molar-refractivity contribution < 1.29 is 80.2 Å². The van der Waals surface area contributed by atoms with Gasteiger partial charge in [-0.25, -0.2) is 9.13 Å². The molecular weight excluding hydrogens is 1330 g/mol. The number of carbonyl (C=O) groups is 4. The number of aliphatic hydroxyl groups excluding tert-OH is 1. The highest BCUT2D eigenvalue weighted by molar-refractivity contribution is 7.47. The van der Waals surface area contributed by atoms with Gasteiger partial charge in [0.15, 0.2) is 12.2 Å². The number of allylic oxidation sites excluding steroid dienone is 32. The Bertz CT molecular complexity index is 2700. The summed E-state index contributed by atoms with van der Waals surface area (Å²) < 4.78 is 68.2. The van der Waals surface area contributed by atoms with Crippen molar-refractivity contribution in [3.05, 3.63) is 194 Å². The van der Waals surface area contributed by atoms with Gasteiger partial charge in [-0.05, 0) is 161 Å². The third kappa shape index (κ3) is 72.3. The normalized spacial score (nSPS) is 15.0. The maximum Gasteiger partial charge on any atom is 0.472 e. The average Bonchev–Trinajstić information content (AvgIpc) is 0.994. The van der Waals surface area contributed by atoms with Crippen LogP contribution in [-0.4, -0.2) is 96.7 Å². The number of ether oxygens (including phenoxy) is 4. The molecule has 0 saturated heterocycles. The summed E-state index contributed by atoms with van der Waals surface area (Å²) in [6.45, 7) is 4.23. The van der Waals surface area contributed by atoms with Crippen molar-refractivity contribution in [2.75, 3.05) is 39.6 Å². The molecule has 19 heteroatoms. The molecule has 5 unspecified atom stereocenters. The van der Waals surface area contributed by atoms with E-state index in [1.807, 2.05) is 36.5 Å². The molecule has 0 aromatic rings. The van der Waals surface area contributed by atoms with E-state index in [-0.39, 0.29) is 25.7 Å². The second kappa shape index (κ2) is 73.2. The number of carbonyl (C=O) groups excluding carboxylic acids is 4. The third-order valence-corrected chi connectivity index (χ3v) is 16.4. The van der Waals surface area contributed by atoms with Gasteiger partial charge in [0.25, 0.3) is 0 Å². The standard InChI is InChI=1S/C83H130O17P2/c1-5-9-13-17-21-25-29-32-35-38-41-44-48-51-55-59-63-67-80(85)93-73-78(99-82(87)69-65-61-57-53-47-28-24-20-16-12-8-4)75-97-101(89,90)95-71-77(84)72-96-102(91,92)98-76-79(100-83(88)70-66-62-58-54-50-46-43-40-37-34-31-27-23-19-15-11-7-3)74-94-81(86)68-64-60-56-52-49-45-42-39-36-33-30-26-22-18-14-10-6-2/h9-11,13-15,20-27,32-37,41-46,51-52,54-56,58,77-79,84H,5-8,12,16-19,28-31,38-40,47-50,53,57,59-76H2,1-4H3,(H,89,90)(H,91,92)/b13-9-,14-10-,15-11-,24-20-,25-21-,26-22-,27-23-,35-32-,36-33-,37-34-,44-41-,45-42-,46-43-,55-51-,56-52-,58-54-. The van der Waals surface area contributed by atoms with Gasteiger partial charge >= 0.3 is 39.5 Å². The van der Waals surface area contributed by atoms with E-state index >= 15 is 0 Å². The maximum absolute atomic E-state index is 13.1. The van der Waals surface area contributed by atoms with Gasteiger partial charge in [0.05, 0.1) is 26.4 Å². The summed E-state index contributed by atoms with van der Waals surface area (Å²) in [6, 6.07) is 0. The second-order valence-electron chi connectivity index (χ2n) is 24.1. The molecule has 0 aliphatic rings. The first-order valence-electron chi connectivity index (χ1n) is 37.7. The Labute approximate surface area is 615 Å². The molecule has 0 aliphatic heterocycles. The number of aliphatic hydroxyl groups is 1. The van der Waals surface area contributed by atoms with Gasteiger partial charge in [-0.2, -0.15) is 0 Å². The number of rotatable bonds is 68. The number of esters is 4. The molecule has 0 bridgehead atoms. The van der Waals surface area contributed by atoms with E-state index in [1.54, 1.807) is 0 Å². The van der Waals surface area contributed by atoms with Crippen LogP contribution in [0.25, 0.3) is 0 Å². The molecule has 574 valence electrons. The fourth-order valence-corrected chi connectivity index (χ4v) is 10.5. The van der Waals surface area contributed by atoms with Crippen LogP contribution in [0.15, 0.2) is 194 Å². The number of phosphoric acid groups is 2. The van der Waals surface area contributed by atoms with Crippen molar-refractivity contribution in [1.82, 2.24) is 0 Å². The summed E-state index contributed by atoms with van der Waals surface area (Å²) in [4.78, 5) is 72.8. The minimum absolute atomic E-state index is 0.00528. The highest BCUT2D eigenvalue weighted by Gasteiger charge is 2.30. The summed E-state index contributed by atoms with van der Waals surface area (Å²) in [6.07, 6.45) is 88.9. The Balaban J connectivity index is 5.52. The molecule has 0 rings (SSSR count). The molecule has 0 fully saturated rings. The van der Waals surface area contributed by atoms with E-state index in [0.29, 0.717) is 44.9 Å². The Morgan fingerprint density at radius 2 is 0.520 bits per heavy atom. The number of phosphoric ester groups is 2. The van der Waals surface area contributed by atoms with Crippen molar-refractivity contribution in [3.63, 3.8) is 0 Å². The topological polar surface area (TPSA) is 237 Å². The van der Waals surface area contributed by atoms with Crippen LogP contribution in [0.3, 0.4) is 0 Å². The van der Waals surface area contributed by atoms with Gasteiger partial charge < -0.3 is 33.8 Å². The zero-order valence-electron chi connectivity index (χ0n) is 62.4. The molecule has 0 aliphatic carbocycles. The van der Waals surface area contributed by atoms with E-state index in [4.69, 9.17) is 37.0 Å². The SMILES string of the molecule is CC/C=C\C/C=C\C/C=C\C/C=C\C/C=C\CCCC(=O)OCC(COP(=O)(O)OCC(O)COP(=O)(O)OCC(COC(=O)CCC/C=C\C/C=C\C/C=C\C/C=C\C/C=C\CC)OC(=O)CCCCCCC/C=C\CCCC)OC(=O)CCC/C=C\C/C=C\C/C=C\C/C=C\C/C=C\CC. The van der Waals surface area contributed by atoms with Gasteiger partial charge in [-0.15, -0.1) is 0 Å². The quantitative estimate of drug-likeness (QED) is 0.0169. The Morgan fingerprint density at radius 3 is 0.833 bits per heavy atom. The Kier molecular flexibility index (Phi) is 68.8. The lowest BCUT2D eigenvalue weighted by atomic mass is 10.1. The smallest absolute Gasteiger partial charge is 0.462 e. The fourth-order valence-electron chi connectivity index (χ4n) is 8.89. The number of hydrogen-bond donors (Lipinski definition) is 3. The average molecular weight is 1460 g/mol. The lowest BCUT2D eigenvalue weighted by Crippen LogP contribution is -2.30. The predicted molar refractivity (Wildman–Crippen MR) is 417 cm³/mol. The predicted octanol–water partition coefficient (Wildman–Crippen LogP) is 21.8. The lowest BCUT2D eigenvalue weighted by Gasteiger charge is -2.21. The van der Waals surface area contributed by atoms with E-state index in [0.717, 1.165) is 141 Å². The molecule has 3 N–H and O–H groups in total. The first-order chi connectivity index (χ1) is 49.7. The molecule has 102 heavy (non-hydrogen) atoms. The molecule has 0 heterocycles. The van der Waals surface area contributed by atoms with Crippen molar-refractivity contribution in [3.8, 4) is 0 Å². The molecule has 0 spiro atoms. The molecule has 0 radical (unpaired) electrons. The molecule has 5 atom stereocenters. The number of hydrogen-bond acceptors (Lipinski definition) is 15. The van der Waals surface area contributed by atoms with Gasteiger partial charge in [-0.1, -0.05) is 254 Å².